The van der Waals surface area contributed by atoms with Crippen LogP contribution in [0.25, 0.3) is 0 Å². The first-order valence-corrected chi connectivity index (χ1v) is 14.2. The van der Waals surface area contributed by atoms with Crippen LogP contribution >= 0.6 is 0 Å². The molecule has 3 fully saturated rings. The van der Waals surface area contributed by atoms with Crippen molar-refractivity contribution in [3.63, 3.8) is 0 Å². The predicted octanol–water partition coefficient (Wildman–Crippen LogP) is 2.75. The molecule has 0 radical (unpaired) electrons. The van der Waals surface area contributed by atoms with Gasteiger partial charge in [0.1, 0.15) is 12.1 Å². The molecule has 3 aliphatic rings. The molecule has 1 aromatic rings. The van der Waals surface area contributed by atoms with E-state index in [2.05, 4.69) is 12.2 Å². The second kappa shape index (κ2) is 9.68. The molecule has 0 bridgehead atoms. The quantitative estimate of drug-likeness (QED) is 0.593. The van der Waals surface area contributed by atoms with Crippen molar-refractivity contribution in [2.24, 2.45) is 0 Å². The van der Waals surface area contributed by atoms with E-state index in [0.29, 0.717) is 12.0 Å². The lowest BCUT2D eigenvalue weighted by Gasteiger charge is -2.38. The molecule has 1 aromatic carbocycles. The molecule has 9 heteroatoms. The molecule has 0 aromatic heterocycles. The summed E-state index contributed by atoms with van der Waals surface area (Å²) in [4.78, 5) is 42.4. The number of nitrogens with one attached hydrogen (secondary N) is 1. The number of hydrogen-bond donors (Lipinski definition) is 1. The second-order valence-corrected chi connectivity index (χ2v) is 12.3. The molecule has 2 aliphatic heterocycles. The highest BCUT2D eigenvalue weighted by Gasteiger charge is 2.50. The van der Waals surface area contributed by atoms with Crippen molar-refractivity contribution in [3.8, 4) is 0 Å². The van der Waals surface area contributed by atoms with Gasteiger partial charge in [0.25, 0.3) is 5.91 Å². The van der Waals surface area contributed by atoms with Crippen molar-refractivity contribution >= 4 is 27.7 Å². The number of amides is 4. The van der Waals surface area contributed by atoms with E-state index >= 15 is 0 Å². The topological polar surface area (TPSA) is 104 Å². The predicted molar refractivity (Wildman–Crippen MR) is 129 cm³/mol. The minimum atomic E-state index is -3.18. The molecule has 2 atom stereocenters. The van der Waals surface area contributed by atoms with Crippen LogP contribution in [0.3, 0.4) is 0 Å². The lowest BCUT2D eigenvalue weighted by atomic mass is 9.91. The van der Waals surface area contributed by atoms with Gasteiger partial charge in [0, 0.05) is 12.1 Å². The molecule has 34 heavy (non-hydrogen) atoms. The van der Waals surface area contributed by atoms with Gasteiger partial charge in [-0.1, -0.05) is 56.9 Å². The Hall–Kier alpha value is -2.42. The smallest absolute Gasteiger partial charge is 0.325 e. The van der Waals surface area contributed by atoms with Crippen molar-refractivity contribution in [2.75, 3.05) is 18.1 Å². The molecule has 2 saturated heterocycles. The largest absolute Gasteiger partial charge is 0.334 e. The Morgan fingerprint density at radius 2 is 1.76 bits per heavy atom. The highest BCUT2D eigenvalue weighted by atomic mass is 32.2. The van der Waals surface area contributed by atoms with Gasteiger partial charge in [-0.15, -0.1) is 0 Å². The van der Waals surface area contributed by atoms with Crippen LogP contribution < -0.4 is 5.32 Å². The van der Waals surface area contributed by atoms with Crippen LogP contribution in [0.5, 0.6) is 0 Å². The first-order chi connectivity index (χ1) is 16.1. The maximum absolute atomic E-state index is 13.5. The van der Waals surface area contributed by atoms with Crippen molar-refractivity contribution < 1.29 is 22.8 Å². The molecule has 1 aliphatic carbocycles. The molecule has 8 nitrogen and oxygen atoms in total. The lowest BCUT2D eigenvalue weighted by molar-refractivity contribution is -0.142. The maximum Gasteiger partial charge on any atom is 0.325 e. The van der Waals surface area contributed by atoms with Crippen molar-refractivity contribution in [3.05, 3.63) is 35.4 Å². The Balaban J connectivity index is 1.53. The van der Waals surface area contributed by atoms with E-state index in [0.717, 1.165) is 55.4 Å². The monoisotopic (exact) mass is 489 g/mol. The fourth-order valence-corrected chi connectivity index (χ4v) is 7.32. The van der Waals surface area contributed by atoms with Crippen LogP contribution in [-0.2, 0) is 31.4 Å². The van der Waals surface area contributed by atoms with Gasteiger partial charge < -0.3 is 10.2 Å². The van der Waals surface area contributed by atoms with Crippen LogP contribution in [0.4, 0.5) is 4.79 Å². The first kappa shape index (κ1) is 24.7. The molecule has 186 valence electrons. The van der Waals surface area contributed by atoms with E-state index in [4.69, 9.17) is 0 Å². The number of aryl methyl sites for hydroxylation is 1. The molecule has 2 unspecified atom stereocenters. The number of carbonyl (C=O) groups is 3. The van der Waals surface area contributed by atoms with Gasteiger partial charge in [0.2, 0.25) is 5.91 Å². The summed E-state index contributed by atoms with van der Waals surface area (Å²) in [6.45, 7) is 3.39. The van der Waals surface area contributed by atoms with E-state index in [1.165, 1.54) is 0 Å². The number of hydrogen-bond acceptors (Lipinski definition) is 5. The van der Waals surface area contributed by atoms with Gasteiger partial charge in [0.05, 0.1) is 11.5 Å². The zero-order chi connectivity index (χ0) is 24.5. The van der Waals surface area contributed by atoms with Gasteiger partial charge in [0.15, 0.2) is 9.84 Å². The number of urea groups is 1. The average molecular weight is 490 g/mol. The SMILES string of the molecule is CCCc1ccc(C2(C)NC(=O)N(CC(=O)N(C3CCCCC3)C3CCS(=O)(=O)C3)C2=O)cc1. The van der Waals surface area contributed by atoms with Crippen molar-refractivity contribution in [1.82, 2.24) is 15.1 Å². The summed E-state index contributed by atoms with van der Waals surface area (Å²) in [5.41, 5.74) is 0.592. The number of imide groups is 1. The minimum absolute atomic E-state index is 0.0437. The zero-order valence-corrected chi connectivity index (χ0v) is 20.9. The maximum atomic E-state index is 13.5. The molecule has 1 N–H and O–H groups in total. The zero-order valence-electron chi connectivity index (χ0n) is 20.1. The number of benzene rings is 1. The number of carbonyl (C=O) groups excluding carboxylic acids is 3. The van der Waals surface area contributed by atoms with Gasteiger partial charge in [-0.3, -0.25) is 14.5 Å². The van der Waals surface area contributed by atoms with Gasteiger partial charge in [-0.25, -0.2) is 13.2 Å². The third kappa shape index (κ3) is 4.85. The Morgan fingerprint density at radius 1 is 1.09 bits per heavy atom. The van der Waals surface area contributed by atoms with E-state index in [1.807, 2.05) is 24.3 Å². The fourth-order valence-electron chi connectivity index (χ4n) is 5.61. The number of sulfone groups is 1. The Morgan fingerprint density at radius 3 is 2.35 bits per heavy atom. The Kier molecular flexibility index (Phi) is 7.03. The van der Waals surface area contributed by atoms with E-state index in [9.17, 15) is 22.8 Å². The molecule has 1 saturated carbocycles. The third-order valence-corrected chi connectivity index (χ3v) is 9.25. The molecule has 0 spiro atoms. The van der Waals surface area contributed by atoms with Crippen molar-refractivity contribution in [1.29, 1.82) is 0 Å². The second-order valence-electron chi connectivity index (χ2n) is 10.0. The van der Waals surface area contributed by atoms with Gasteiger partial charge in [-0.05, 0) is 43.7 Å². The van der Waals surface area contributed by atoms with Crippen LogP contribution in [0.15, 0.2) is 24.3 Å². The first-order valence-electron chi connectivity index (χ1n) is 12.4. The minimum Gasteiger partial charge on any atom is -0.334 e. The van der Waals surface area contributed by atoms with E-state index in [1.54, 1.807) is 11.8 Å². The molecule has 4 rings (SSSR count). The third-order valence-electron chi connectivity index (χ3n) is 7.50. The molecule has 4 amide bonds. The van der Waals surface area contributed by atoms with Gasteiger partial charge in [-0.2, -0.15) is 0 Å². The summed E-state index contributed by atoms with van der Waals surface area (Å²) in [5, 5.41) is 2.78. The fraction of sp³-hybridized carbons (Fsp3) is 0.640. The summed E-state index contributed by atoms with van der Waals surface area (Å²) in [6, 6.07) is 6.60. The number of rotatable bonds is 7. The summed E-state index contributed by atoms with van der Waals surface area (Å²) in [6.07, 6.45) is 7.09. The Bertz CT molecular complexity index is 1050. The average Bonchev–Trinajstić information content (AvgIpc) is 3.27. The van der Waals surface area contributed by atoms with Gasteiger partial charge >= 0.3 is 6.03 Å². The Labute approximate surface area is 202 Å². The van der Waals surface area contributed by atoms with Crippen LogP contribution in [0.1, 0.15) is 69.9 Å². The molecular weight excluding hydrogens is 454 g/mol. The number of nitrogens with zero attached hydrogens (tertiary/aromatic N) is 2. The van der Waals surface area contributed by atoms with Crippen LogP contribution in [0.2, 0.25) is 0 Å². The highest BCUT2D eigenvalue weighted by molar-refractivity contribution is 7.91. The summed E-state index contributed by atoms with van der Waals surface area (Å²) >= 11 is 0. The molecule has 2 heterocycles. The standard InChI is InChI=1S/C25H35N3O5S/c1-3-7-18-10-12-19(13-11-18)25(2)23(30)27(24(31)26-25)16-22(29)28(20-8-5-4-6-9-20)21-14-15-34(32,33)17-21/h10-13,20-21H,3-9,14-17H2,1-2H3,(H,26,31). The van der Waals surface area contributed by atoms with Crippen LogP contribution in [0, 0.1) is 0 Å². The summed E-state index contributed by atoms with van der Waals surface area (Å²) in [7, 11) is -3.18. The lowest BCUT2D eigenvalue weighted by Crippen LogP contribution is -2.53. The van der Waals surface area contributed by atoms with Crippen LogP contribution in [-0.4, -0.2) is 66.2 Å². The van der Waals surface area contributed by atoms with Crippen molar-refractivity contribution in [2.45, 2.75) is 82.8 Å². The summed E-state index contributed by atoms with van der Waals surface area (Å²) < 4.78 is 24.3. The normalized spacial score (nSPS) is 27.1. The van der Waals surface area contributed by atoms with E-state index in [-0.39, 0.29) is 36.0 Å². The van der Waals surface area contributed by atoms with E-state index < -0.39 is 27.3 Å². The molecular formula is C25H35N3O5S. The highest BCUT2D eigenvalue weighted by Crippen LogP contribution is 2.31. The summed E-state index contributed by atoms with van der Waals surface area (Å²) in [5.74, 6) is -0.780.